The van der Waals surface area contributed by atoms with Gasteiger partial charge < -0.3 is 15.2 Å². The summed E-state index contributed by atoms with van der Waals surface area (Å²) in [5.41, 5.74) is 6.03. The highest BCUT2D eigenvalue weighted by Gasteiger charge is 2.28. The average Bonchev–Trinajstić information content (AvgIpc) is 3.41. The molecule has 3 heterocycles. The number of amides is 2. The van der Waals surface area contributed by atoms with Gasteiger partial charge in [0.05, 0.1) is 5.56 Å². The van der Waals surface area contributed by atoms with E-state index in [0.29, 0.717) is 10.8 Å². The molecular formula is C25H24N4O2S2. The Morgan fingerprint density at radius 1 is 1.15 bits per heavy atom. The number of nitrogens with one attached hydrogen (secondary N) is 3. The van der Waals surface area contributed by atoms with E-state index in [0.717, 1.165) is 58.9 Å². The molecule has 2 aliphatic rings. The Kier molecular flexibility index (Phi) is 5.64. The zero-order valence-corrected chi connectivity index (χ0v) is 20.1. The van der Waals surface area contributed by atoms with E-state index < -0.39 is 0 Å². The van der Waals surface area contributed by atoms with E-state index in [1.165, 1.54) is 10.4 Å². The van der Waals surface area contributed by atoms with Crippen molar-refractivity contribution < 1.29 is 9.59 Å². The molecule has 5 rings (SSSR count). The maximum Gasteiger partial charge on any atom is 0.273 e. The summed E-state index contributed by atoms with van der Waals surface area (Å²) in [7, 11) is 0. The lowest BCUT2D eigenvalue weighted by molar-refractivity contribution is -0.115. The Morgan fingerprint density at radius 3 is 2.64 bits per heavy atom. The predicted octanol–water partition coefficient (Wildman–Crippen LogP) is 4.63. The van der Waals surface area contributed by atoms with Crippen LogP contribution in [-0.2, 0) is 17.6 Å². The minimum Gasteiger partial charge on any atom is -0.328 e. The van der Waals surface area contributed by atoms with Gasteiger partial charge >= 0.3 is 0 Å². The number of nitrogens with zero attached hydrogens (tertiary/aromatic N) is 1. The normalized spacial score (nSPS) is 16.5. The fraction of sp³-hybridized carbons (Fsp3) is 0.240. The summed E-state index contributed by atoms with van der Waals surface area (Å²) < 4.78 is 2.14. The van der Waals surface area contributed by atoms with Gasteiger partial charge in [-0.15, -0.1) is 11.3 Å². The second-order valence-corrected chi connectivity index (χ2v) is 9.83. The molecule has 1 aliphatic carbocycles. The van der Waals surface area contributed by atoms with Crippen LogP contribution in [0.3, 0.4) is 0 Å². The van der Waals surface area contributed by atoms with Crippen LogP contribution in [0.2, 0.25) is 0 Å². The molecule has 0 radical (unpaired) electrons. The smallest absolute Gasteiger partial charge is 0.273 e. The Balaban J connectivity index is 1.60. The number of thiocarbonyl (C=S) groups is 1. The molecule has 3 aromatic rings. The summed E-state index contributed by atoms with van der Waals surface area (Å²) in [5.74, 6) is -0.315. The van der Waals surface area contributed by atoms with Gasteiger partial charge in [-0.2, -0.15) is 0 Å². The van der Waals surface area contributed by atoms with Crippen molar-refractivity contribution in [2.75, 3.05) is 5.32 Å². The average molecular weight is 477 g/mol. The van der Waals surface area contributed by atoms with Crippen molar-refractivity contribution in [3.63, 3.8) is 0 Å². The summed E-state index contributed by atoms with van der Waals surface area (Å²) >= 11 is 6.75. The molecule has 2 amide bonds. The molecule has 6 nitrogen and oxygen atoms in total. The number of hydrogen-bond donors (Lipinski definition) is 3. The van der Waals surface area contributed by atoms with Crippen molar-refractivity contribution in [2.45, 2.75) is 39.5 Å². The number of benzene rings is 1. The van der Waals surface area contributed by atoms with Gasteiger partial charge in [-0.05, 0) is 87.2 Å². The highest BCUT2D eigenvalue weighted by atomic mass is 32.1. The molecule has 2 aromatic heterocycles. The van der Waals surface area contributed by atoms with Gasteiger partial charge in [-0.1, -0.05) is 18.2 Å². The minimum atomic E-state index is -0.237. The molecular weight excluding hydrogens is 452 g/mol. The van der Waals surface area contributed by atoms with Gasteiger partial charge in [-0.25, -0.2) is 0 Å². The van der Waals surface area contributed by atoms with E-state index in [9.17, 15) is 9.59 Å². The standard InChI is InChI=1S/C25H24N4O2S2/c1-14-12-16(13-19-22(30)28-25(32)27-19)15(2)29(14)24-21(18-10-6-7-11-20(18)33-24)23(31)26-17-8-4-3-5-9-17/h3-5,8-9,12-13H,6-7,10-11H2,1-2H3,(H,26,31)(H2,27,28,30,32)/b19-13+. The SMILES string of the molecule is Cc1cc(/C=C2/NC(=S)NC2=O)c(C)n1-c1sc2c(c1C(=O)Nc1ccccc1)CCCC2. The van der Waals surface area contributed by atoms with Crippen LogP contribution < -0.4 is 16.0 Å². The van der Waals surface area contributed by atoms with Gasteiger partial charge in [0.25, 0.3) is 11.8 Å². The first-order valence-corrected chi connectivity index (χ1v) is 12.2. The summed E-state index contributed by atoms with van der Waals surface area (Å²) in [6.07, 6.45) is 5.97. The fourth-order valence-corrected chi connectivity index (χ4v) is 6.24. The maximum atomic E-state index is 13.5. The zero-order chi connectivity index (χ0) is 23.1. The number of carbonyl (C=O) groups is 2. The largest absolute Gasteiger partial charge is 0.328 e. The summed E-state index contributed by atoms with van der Waals surface area (Å²) in [4.78, 5) is 26.9. The first-order chi connectivity index (χ1) is 15.9. The molecule has 1 fully saturated rings. The van der Waals surface area contributed by atoms with E-state index in [1.807, 2.05) is 56.3 Å². The number of aryl methyl sites for hydroxylation is 2. The number of anilines is 1. The molecule has 1 aromatic carbocycles. The maximum absolute atomic E-state index is 13.5. The first kappa shape index (κ1) is 21.6. The monoisotopic (exact) mass is 476 g/mol. The number of aromatic nitrogens is 1. The third-order valence-electron chi connectivity index (χ3n) is 6.10. The molecule has 1 aliphatic heterocycles. The van der Waals surface area contributed by atoms with E-state index in [-0.39, 0.29) is 11.8 Å². The van der Waals surface area contributed by atoms with Crippen LogP contribution in [0.15, 0.2) is 42.1 Å². The topological polar surface area (TPSA) is 75.2 Å². The van der Waals surface area contributed by atoms with Gasteiger partial charge in [0, 0.05) is 22.0 Å². The second kappa shape index (κ2) is 8.61. The number of fused-ring (bicyclic) bond motifs is 1. The van der Waals surface area contributed by atoms with E-state index in [2.05, 4.69) is 20.5 Å². The minimum absolute atomic E-state index is 0.0785. The second-order valence-electron chi connectivity index (χ2n) is 8.34. The summed E-state index contributed by atoms with van der Waals surface area (Å²) in [6.45, 7) is 4.04. The summed E-state index contributed by atoms with van der Waals surface area (Å²) in [6, 6.07) is 11.6. The number of thiophene rings is 1. The lowest BCUT2D eigenvalue weighted by Crippen LogP contribution is -2.21. The molecule has 0 saturated carbocycles. The quantitative estimate of drug-likeness (QED) is 0.379. The van der Waals surface area contributed by atoms with Crippen LogP contribution in [0, 0.1) is 13.8 Å². The Labute approximate surface area is 201 Å². The highest BCUT2D eigenvalue weighted by molar-refractivity contribution is 7.80. The fourth-order valence-electron chi connectivity index (χ4n) is 4.54. The van der Waals surface area contributed by atoms with Crippen LogP contribution in [0.4, 0.5) is 5.69 Å². The van der Waals surface area contributed by atoms with Crippen molar-refractivity contribution in [2.24, 2.45) is 0 Å². The van der Waals surface area contributed by atoms with Crippen LogP contribution in [0.25, 0.3) is 11.1 Å². The summed E-state index contributed by atoms with van der Waals surface area (Å²) in [5, 5.41) is 9.84. The third-order valence-corrected chi connectivity index (χ3v) is 7.59. The lowest BCUT2D eigenvalue weighted by Gasteiger charge is -2.14. The van der Waals surface area contributed by atoms with Crippen LogP contribution in [0.1, 0.15) is 50.6 Å². The molecule has 0 spiro atoms. The van der Waals surface area contributed by atoms with Crippen molar-refractivity contribution in [3.05, 3.63) is 75.1 Å². The van der Waals surface area contributed by atoms with Crippen molar-refractivity contribution >= 4 is 52.2 Å². The van der Waals surface area contributed by atoms with Crippen molar-refractivity contribution in [1.82, 2.24) is 15.2 Å². The molecule has 0 atom stereocenters. The number of hydrogen-bond acceptors (Lipinski definition) is 4. The first-order valence-electron chi connectivity index (χ1n) is 11.0. The molecule has 3 N–H and O–H groups in total. The molecule has 0 unspecified atom stereocenters. The van der Waals surface area contributed by atoms with Crippen LogP contribution in [-0.4, -0.2) is 21.5 Å². The van der Waals surface area contributed by atoms with Crippen LogP contribution >= 0.6 is 23.6 Å². The predicted molar refractivity (Wildman–Crippen MR) is 136 cm³/mol. The van der Waals surface area contributed by atoms with Gasteiger partial charge in [0.15, 0.2) is 5.11 Å². The third kappa shape index (κ3) is 4.00. The number of para-hydroxylation sites is 1. The van der Waals surface area contributed by atoms with Gasteiger partial charge in [-0.3, -0.25) is 14.9 Å². The van der Waals surface area contributed by atoms with E-state index >= 15 is 0 Å². The molecule has 33 heavy (non-hydrogen) atoms. The van der Waals surface area contributed by atoms with E-state index in [1.54, 1.807) is 11.3 Å². The zero-order valence-electron chi connectivity index (χ0n) is 18.5. The lowest BCUT2D eigenvalue weighted by atomic mass is 9.95. The number of carbonyl (C=O) groups excluding carboxylic acids is 2. The van der Waals surface area contributed by atoms with Crippen molar-refractivity contribution in [1.29, 1.82) is 0 Å². The van der Waals surface area contributed by atoms with Gasteiger partial charge in [0.1, 0.15) is 10.7 Å². The van der Waals surface area contributed by atoms with Crippen LogP contribution in [0.5, 0.6) is 0 Å². The van der Waals surface area contributed by atoms with Gasteiger partial charge in [0.2, 0.25) is 0 Å². The Morgan fingerprint density at radius 2 is 1.91 bits per heavy atom. The molecule has 8 heteroatoms. The van der Waals surface area contributed by atoms with Crippen molar-refractivity contribution in [3.8, 4) is 5.00 Å². The molecule has 0 bridgehead atoms. The molecule has 1 saturated heterocycles. The highest BCUT2D eigenvalue weighted by Crippen LogP contribution is 2.39. The number of rotatable bonds is 4. The Hall–Kier alpha value is -3.23. The Bertz CT molecular complexity index is 1320. The van der Waals surface area contributed by atoms with E-state index in [4.69, 9.17) is 12.2 Å². The molecule has 168 valence electrons.